The highest BCUT2D eigenvalue weighted by atomic mass is 127. The predicted octanol–water partition coefficient (Wildman–Crippen LogP) is 11.1. The van der Waals surface area contributed by atoms with Gasteiger partial charge in [-0.1, -0.05) is 92.9 Å². The summed E-state index contributed by atoms with van der Waals surface area (Å²) in [7, 11) is 0. The van der Waals surface area contributed by atoms with Crippen LogP contribution in [0, 0.1) is 6.92 Å². The molecule has 3 aliphatic heterocycles. The Morgan fingerprint density at radius 2 is 0.941 bits per heavy atom. The van der Waals surface area contributed by atoms with E-state index in [-0.39, 0.29) is 48.9 Å². The van der Waals surface area contributed by atoms with Crippen molar-refractivity contribution in [3.05, 3.63) is 72.4 Å². The van der Waals surface area contributed by atoms with Crippen molar-refractivity contribution in [2.24, 2.45) is 0 Å². The number of rotatable bonds is 2. The molecule has 3 amide bonds. The average molecular weight is 1290 g/mol. The molecule has 0 radical (unpaired) electrons. The number of aryl methyl sites for hydroxylation is 1. The van der Waals surface area contributed by atoms with Crippen LogP contribution in [0.25, 0.3) is 5.57 Å². The van der Waals surface area contributed by atoms with Crippen LogP contribution in [0.3, 0.4) is 0 Å². The standard InChI is InChI=1S/C14H21N3O3.C14H19N3O3.C11H19NO2.C5H6N2O.CH2I2.CH3I.CH4/c2*1-14(2,3)20-13(19)17-6-4-10(5-7-17)12-15-8-11(18)9-16-12;1-9-5-7-12(8-6-9)10(13)14-11(2,3)4;1-4-6-2-5(8)3-7-4;2-1-3;1-2;/h8-10,18H,4-7H2,1-3H3;4,8-9,18H,5-7H2,1-3H3;5H,6-8H2,1-4H3;2-3,8H,1H3;1H2;1H3;1H4. The summed E-state index contributed by atoms with van der Waals surface area (Å²) in [6.07, 6.45) is 14.7. The van der Waals surface area contributed by atoms with Gasteiger partial charge in [-0.2, -0.15) is 0 Å². The number of ether oxygens (including phenoxy) is 3. The Morgan fingerprint density at radius 1 is 0.588 bits per heavy atom. The number of hydrogen-bond donors (Lipinski definition) is 3. The van der Waals surface area contributed by atoms with Crippen molar-refractivity contribution in [3.63, 3.8) is 0 Å². The number of likely N-dealkylation sites (tertiary alicyclic amines) is 1. The smallest absolute Gasteiger partial charge is 0.410 e. The Hall–Kier alpha value is -3.88. The first-order valence-corrected chi connectivity index (χ1v) is 26.8. The van der Waals surface area contributed by atoms with E-state index in [2.05, 4.69) is 111 Å². The zero-order valence-corrected chi connectivity index (χ0v) is 47.4. The first kappa shape index (κ1) is 64.1. The minimum atomic E-state index is -0.485. The second-order valence-corrected chi connectivity index (χ2v) is 22.5. The number of halogens is 3. The Labute approximate surface area is 445 Å². The Kier molecular flexibility index (Phi) is 30.3. The maximum absolute atomic E-state index is 11.9. The molecule has 18 nitrogen and oxygen atoms in total. The van der Waals surface area contributed by atoms with E-state index in [0.717, 1.165) is 37.2 Å². The molecule has 3 aromatic heterocycles. The van der Waals surface area contributed by atoms with Gasteiger partial charge in [-0.05, 0) is 112 Å². The summed E-state index contributed by atoms with van der Waals surface area (Å²) in [5.74, 6) is 2.44. The molecule has 0 aromatic carbocycles. The summed E-state index contributed by atoms with van der Waals surface area (Å²) in [4.78, 5) is 66.4. The van der Waals surface area contributed by atoms with E-state index in [1.165, 1.54) is 45.2 Å². The van der Waals surface area contributed by atoms with E-state index >= 15 is 0 Å². The van der Waals surface area contributed by atoms with Crippen molar-refractivity contribution < 1.29 is 43.9 Å². The summed E-state index contributed by atoms with van der Waals surface area (Å²) in [5, 5.41) is 27.0. The van der Waals surface area contributed by atoms with E-state index in [4.69, 9.17) is 24.4 Å². The van der Waals surface area contributed by atoms with Gasteiger partial charge in [0.15, 0.2) is 23.1 Å². The zero-order valence-electron chi connectivity index (χ0n) is 40.9. The number of piperidine rings is 1. The van der Waals surface area contributed by atoms with Gasteiger partial charge in [-0.15, -0.1) is 0 Å². The largest absolute Gasteiger partial charge is 0.505 e. The van der Waals surface area contributed by atoms with Crippen LogP contribution in [0.15, 0.2) is 54.9 Å². The van der Waals surface area contributed by atoms with Crippen LogP contribution in [0.4, 0.5) is 14.4 Å². The van der Waals surface area contributed by atoms with Gasteiger partial charge in [0.2, 0.25) is 0 Å². The minimum Gasteiger partial charge on any atom is -0.505 e. The number of carbonyl (C=O) groups excluding carboxylic acids is 3. The van der Waals surface area contributed by atoms with Crippen LogP contribution in [-0.4, -0.2) is 142 Å². The topological polar surface area (TPSA) is 227 Å². The van der Waals surface area contributed by atoms with Gasteiger partial charge in [0.25, 0.3) is 0 Å². The molecule has 0 atom stereocenters. The second kappa shape index (κ2) is 32.1. The monoisotopic (exact) mass is 1290 g/mol. The molecule has 21 heteroatoms. The van der Waals surface area contributed by atoms with Gasteiger partial charge < -0.3 is 44.2 Å². The molecule has 3 N–H and O–H groups in total. The van der Waals surface area contributed by atoms with Crippen molar-refractivity contribution in [3.8, 4) is 17.2 Å². The fraction of sp³-hybridized carbons (Fsp3) is 0.596. The third kappa shape index (κ3) is 27.9. The fourth-order valence-corrected chi connectivity index (χ4v) is 5.69. The molecule has 3 aromatic rings. The lowest BCUT2D eigenvalue weighted by Crippen LogP contribution is -2.41. The SMILES string of the molecule is C.CC(C)(C)OC(=O)N1CC=C(c2ncc(O)cn2)CC1.CC(C)(C)OC(=O)N1CCC(c2ncc(O)cn2)CC1.CC1=CCN(C(=O)OC(C)(C)C)CC1.CI.Cc1ncc(O)cn1.ICI. The van der Waals surface area contributed by atoms with Gasteiger partial charge in [0, 0.05) is 45.2 Å². The number of alkyl halides is 3. The maximum Gasteiger partial charge on any atom is 0.410 e. The second-order valence-electron chi connectivity index (χ2n) is 18.0. The Morgan fingerprint density at radius 3 is 1.28 bits per heavy atom. The van der Waals surface area contributed by atoms with Crippen LogP contribution in [0.2, 0.25) is 0 Å². The lowest BCUT2D eigenvalue weighted by Gasteiger charge is -2.32. The lowest BCUT2D eigenvalue weighted by atomic mass is 9.96. The quantitative estimate of drug-likeness (QED) is 0.0938. The van der Waals surface area contributed by atoms with Gasteiger partial charge in [-0.3, -0.25) is 0 Å². The normalized spacial score (nSPS) is 14.7. The van der Waals surface area contributed by atoms with Crippen molar-refractivity contribution >= 4 is 91.6 Å². The zero-order chi connectivity index (χ0) is 51.0. The van der Waals surface area contributed by atoms with Crippen LogP contribution in [0.1, 0.15) is 126 Å². The number of aromatic hydroxyl groups is 3. The molecule has 382 valence electrons. The van der Waals surface area contributed by atoms with Gasteiger partial charge in [0.05, 0.1) is 39.6 Å². The number of amides is 3. The number of aromatic nitrogens is 6. The number of nitrogens with zero attached hydrogens (tertiary/aromatic N) is 9. The number of hydrogen-bond acceptors (Lipinski definition) is 15. The molecule has 3 aliphatic rings. The fourth-order valence-electron chi connectivity index (χ4n) is 5.69. The van der Waals surface area contributed by atoms with E-state index in [1.807, 2.05) is 73.3 Å². The maximum atomic E-state index is 11.9. The molecule has 1 saturated heterocycles. The molecular weight excluding hydrogens is 1220 g/mol. The van der Waals surface area contributed by atoms with Crippen molar-refractivity contribution in [1.29, 1.82) is 0 Å². The average Bonchev–Trinajstić information content (AvgIpc) is 3.25. The first-order valence-electron chi connectivity index (χ1n) is 21.6. The summed E-state index contributed by atoms with van der Waals surface area (Å²) >= 11 is 6.70. The van der Waals surface area contributed by atoms with Crippen molar-refractivity contribution in [2.75, 3.05) is 46.6 Å². The van der Waals surface area contributed by atoms with E-state index in [0.29, 0.717) is 50.8 Å². The molecule has 0 unspecified atom stereocenters. The summed E-state index contributed by atoms with van der Waals surface area (Å²) < 4.78 is 17.1. The highest BCUT2D eigenvalue weighted by Gasteiger charge is 2.29. The molecule has 0 spiro atoms. The van der Waals surface area contributed by atoms with Gasteiger partial charge in [0.1, 0.15) is 28.5 Å². The number of carbonyl (C=O) groups is 3. The van der Waals surface area contributed by atoms with Crippen molar-refractivity contribution in [1.82, 2.24) is 44.6 Å². The molecular formula is C47H74I3N9O9. The lowest BCUT2D eigenvalue weighted by molar-refractivity contribution is 0.0200. The molecule has 0 saturated carbocycles. The first-order chi connectivity index (χ1) is 31.3. The molecule has 68 heavy (non-hydrogen) atoms. The molecule has 6 rings (SSSR count). The predicted molar refractivity (Wildman–Crippen MR) is 292 cm³/mol. The van der Waals surface area contributed by atoms with Crippen LogP contribution >= 0.6 is 67.8 Å². The highest BCUT2D eigenvalue weighted by Crippen LogP contribution is 2.27. The van der Waals surface area contributed by atoms with Crippen molar-refractivity contribution in [2.45, 2.75) is 132 Å². The molecule has 0 bridgehead atoms. The van der Waals surface area contributed by atoms with E-state index in [9.17, 15) is 19.5 Å². The molecule has 1 fully saturated rings. The van der Waals surface area contributed by atoms with Crippen LogP contribution in [0.5, 0.6) is 17.2 Å². The van der Waals surface area contributed by atoms with Crippen LogP contribution in [-0.2, 0) is 14.2 Å². The van der Waals surface area contributed by atoms with Crippen LogP contribution < -0.4 is 0 Å². The van der Waals surface area contributed by atoms with E-state index < -0.39 is 16.8 Å². The van der Waals surface area contributed by atoms with E-state index in [1.54, 1.807) is 21.6 Å². The summed E-state index contributed by atoms with van der Waals surface area (Å²) in [6.45, 7) is 24.4. The van der Waals surface area contributed by atoms with Gasteiger partial charge >= 0.3 is 18.3 Å². The summed E-state index contributed by atoms with van der Waals surface area (Å²) in [6, 6.07) is 0. The molecule has 0 aliphatic carbocycles. The summed E-state index contributed by atoms with van der Waals surface area (Å²) in [5.41, 5.74) is 0.984. The third-order valence-corrected chi connectivity index (χ3v) is 8.81. The Bertz CT molecular complexity index is 1960. The Balaban J connectivity index is 0.000000880. The highest BCUT2D eigenvalue weighted by molar-refractivity contribution is 14.2. The minimum absolute atomic E-state index is 0. The third-order valence-electron chi connectivity index (χ3n) is 8.81. The van der Waals surface area contributed by atoms with Gasteiger partial charge in [-0.25, -0.2) is 44.3 Å². The molecule has 6 heterocycles.